The van der Waals surface area contributed by atoms with Gasteiger partial charge in [0.2, 0.25) is 11.8 Å². The van der Waals surface area contributed by atoms with Gasteiger partial charge in [0.25, 0.3) is 11.8 Å². The Morgan fingerprint density at radius 2 is 1.62 bits per heavy atom. The van der Waals surface area contributed by atoms with Crippen molar-refractivity contribution in [2.24, 2.45) is 0 Å². The van der Waals surface area contributed by atoms with Gasteiger partial charge in [-0.2, -0.15) is 0 Å². The van der Waals surface area contributed by atoms with Gasteiger partial charge < -0.3 is 35.4 Å². The van der Waals surface area contributed by atoms with Crippen molar-refractivity contribution in [1.29, 1.82) is 0 Å². The fourth-order valence-electron chi connectivity index (χ4n) is 5.83. The van der Waals surface area contributed by atoms with Crippen molar-refractivity contribution in [3.8, 4) is 5.75 Å². The van der Waals surface area contributed by atoms with Crippen LogP contribution in [0.5, 0.6) is 5.75 Å². The minimum absolute atomic E-state index is 0.0242. The Hall–Kier alpha value is -4.53. The zero-order chi connectivity index (χ0) is 36.6. The minimum Gasteiger partial charge on any atom is -0.483 e. The van der Waals surface area contributed by atoms with Crippen molar-refractivity contribution in [2.75, 3.05) is 32.3 Å². The number of aliphatic hydroxyl groups excluding tert-OH is 1. The highest BCUT2D eigenvalue weighted by molar-refractivity contribution is 7.90. The number of carbonyl (C=O) groups excluding carboxylic acids is 4. The van der Waals surface area contributed by atoms with Crippen LogP contribution < -0.4 is 20.7 Å². The van der Waals surface area contributed by atoms with Crippen molar-refractivity contribution < 1.29 is 42.2 Å². The van der Waals surface area contributed by atoms with Crippen LogP contribution >= 0.6 is 0 Å². The zero-order valence-corrected chi connectivity index (χ0v) is 29.7. The maximum atomic E-state index is 13.9. The third-order valence-corrected chi connectivity index (χ3v) is 9.11. The SMILES string of the molecule is COC1C[C@@H](C(=O)NC(C)(C)C)N(C(=O)[C@@H](O)[C@H](Cc2ccccc2)NC(=O)[C@H](CS(C)(=O)=O)NC(=O)COc2cccc3ccccc23)C1. The lowest BCUT2D eigenvalue weighted by atomic mass is 9.99. The largest absolute Gasteiger partial charge is 0.483 e. The van der Waals surface area contributed by atoms with Gasteiger partial charge in [-0.15, -0.1) is 0 Å². The van der Waals surface area contributed by atoms with E-state index in [0.717, 1.165) is 17.0 Å². The summed E-state index contributed by atoms with van der Waals surface area (Å²) in [5.41, 5.74) is 0.0771. The number of nitrogens with one attached hydrogen (secondary N) is 3. The number of ether oxygens (including phenoxy) is 2. The number of methoxy groups -OCH3 is 1. The molecular weight excluding hydrogens is 664 g/mol. The Kier molecular flexibility index (Phi) is 12.6. The van der Waals surface area contributed by atoms with Crippen molar-refractivity contribution in [3.63, 3.8) is 0 Å². The molecule has 0 saturated carbocycles. The summed E-state index contributed by atoms with van der Waals surface area (Å²) in [5, 5.41) is 21.1. The van der Waals surface area contributed by atoms with Gasteiger partial charge in [-0.25, -0.2) is 8.42 Å². The summed E-state index contributed by atoms with van der Waals surface area (Å²) in [6.45, 7) is 4.94. The molecule has 13 nitrogen and oxygen atoms in total. The number of hydrogen-bond donors (Lipinski definition) is 4. The van der Waals surface area contributed by atoms with Gasteiger partial charge in [0.1, 0.15) is 27.7 Å². The van der Waals surface area contributed by atoms with Crippen molar-refractivity contribution in [3.05, 3.63) is 78.4 Å². The first kappa shape index (κ1) is 38.3. The Bertz CT molecular complexity index is 1770. The lowest BCUT2D eigenvalue weighted by molar-refractivity contribution is -0.147. The smallest absolute Gasteiger partial charge is 0.258 e. The highest BCUT2D eigenvalue weighted by atomic mass is 32.2. The lowest BCUT2D eigenvalue weighted by Gasteiger charge is -2.32. The number of benzene rings is 3. The van der Waals surface area contributed by atoms with Crippen LogP contribution in [-0.4, -0.2) is 110 Å². The standard InChI is InChI=1S/C36H46N4O9S/c1-36(2,3)39-34(44)29-19-25(48-4)20-40(29)35(45)32(42)27(18-23-12-7-6-8-13-23)38-33(43)28(22-50(5,46)47)37-31(41)21-49-30-17-11-15-24-14-9-10-16-26(24)30/h6-17,25,27-29,32,42H,18-22H2,1-5H3,(H,37,41)(H,38,43)(H,39,44)/t25?,27-,28-,29-,32-/m0/s1. The summed E-state index contributed by atoms with van der Waals surface area (Å²) in [6.07, 6.45) is -1.20. The summed E-state index contributed by atoms with van der Waals surface area (Å²) in [4.78, 5) is 55.1. The van der Waals surface area contributed by atoms with Gasteiger partial charge in [0.15, 0.2) is 12.7 Å². The monoisotopic (exact) mass is 710 g/mol. The van der Waals surface area contributed by atoms with Gasteiger partial charge in [0, 0.05) is 37.3 Å². The molecule has 1 unspecified atom stereocenters. The molecule has 0 aliphatic carbocycles. The number of likely N-dealkylation sites (tertiary alicyclic amines) is 1. The molecule has 1 fully saturated rings. The molecule has 5 atom stereocenters. The molecular formula is C36H46N4O9S. The third-order valence-electron chi connectivity index (χ3n) is 8.17. The molecule has 4 amide bonds. The van der Waals surface area contributed by atoms with Gasteiger partial charge >= 0.3 is 0 Å². The van der Waals surface area contributed by atoms with Crippen LogP contribution in [0.3, 0.4) is 0 Å². The van der Waals surface area contributed by atoms with Crippen molar-refractivity contribution in [2.45, 2.75) is 69.5 Å². The summed E-state index contributed by atoms with van der Waals surface area (Å²) < 4.78 is 35.9. The van der Waals surface area contributed by atoms with E-state index in [9.17, 15) is 32.7 Å². The molecule has 1 aliphatic rings. The van der Waals surface area contributed by atoms with E-state index < -0.39 is 81.7 Å². The van der Waals surface area contributed by atoms with E-state index >= 15 is 0 Å². The first-order chi connectivity index (χ1) is 23.5. The van der Waals surface area contributed by atoms with Gasteiger partial charge in [0.05, 0.1) is 17.9 Å². The van der Waals surface area contributed by atoms with E-state index in [2.05, 4.69) is 16.0 Å². The first-order valence-electron chi connectivity index (χ1n) is 16.3. The lowest BCUT2D eigenvalue weighted by Crippen LogP contribution is -2.60. The third kappa shape index (κ3) is 10.7. The van der Waals surface area contributed by atoms with Crippen molar-refractivity contribution >= 4 is 44.2 Å². The summed E-state index contributed by atoms with van der Waals surface area (Å²) in [7, 11) is -2.34. The molecule has 1 aliphatic heterocycles. The maximum Gasteiger partial charge on any atom is 0.258 e. The molecule has 50 heavy (non-hydrogen) atoms. The fourth-order valence-corrected chi connectivity index (χ4v) is 6.67. The fraction of sp³-hybridized carbons (Fsp3) is 0.444. The normalized spacial score (nSPS) is 18.2. The summed E-state index contributed by atoms with van der Waals surface area (Å²) >= 11 is 0. The number of carbonyl (C=O) groups is 4. The zero-order valence-electron chi connectivity index (χ0n) is 28.9. The molecule has 3 aromatic rings. The number of fused-ring (bicyclic) bond motifs is 1. The molecule has 4 N–H and O–H groups in total. The average molecular weight is 711 g/mol. The molecule has 1 saturated heterocycles. The van der Waals surface area contributed by atoms with Crippen LogP contribution in [0.15, 0.2) is 72.8 Å². The molecule has 0 spiro atoms. The highest BCUT2D eigenvalue weighted by Crippen LogP contribution is 2.25. The maximum absolute atomic E-state index is 13.9. The van der Waals surface area contributed by atoms with Crippen LogP contribution in [-0.2, 0) is 40.2 Å². The number of amides is 4. The number of sulfone groups is 1. The predicted octanol–water partition coefficient (Wildman–Crippen LogP) is 1.37. The molecule has 4 rings (SSSR count). The van der Waals surface area contributed by atoms with Crippen LogP contribution in [0.4, 0.5) is 0 Å². The summed E-state index contributed by atoms with van der Waals surface area (Å²) in [6, 6.07) is 17.8. The Morgan fingerprint density at radius 3 is 2.28 bits per heavy atom. The van der Waals surface area contributed by atoms with E-state index in [4.69, 9.17) is 9.47 Å². The topological polar surface area (TPSA) is 180 Å². The Balaban J connectivity index is 1.54. The predicted molar refractivity (Wildman–Crippen MR) is 188 cm³/mol. The Morgan fingerprint density at radius 1 is 0.960 bits per heavy atom. The van der Waals surface area contributed by atoms with E-state index in [1.165, 1.54) is 12.0 Å². The van der Waals surface area contributed by atoms with Gasteiger partial charge in [-0.1, -0.05) is 66.7 Å². The number of hydrogen-bond acceptors (Lipinski definition) is 9. The van der Waals surface area contributed by atoms with Crippen LogP contribution in [0, 0.1) is 0 Å². The first-order valence-corrected chi connectivity index (χ1v) is 18.4. The number of aliphatic hydroxyl groups is 1. The summed E-state index contributed by atoms with van der Waals surface area (Å²) in [5.74, 6) is -3.24. The van der Waals surface area contributed by atoms with E-state index in [1.54, 1.807) is 42.5 Å². The van der Waals surface area contributed by atoms with Gasteiger partial charge in [-0.3, -0.25) is 19.2 Å². The molecule has 1 heterocycles. The average Bonchev–Trinajstić information content (AvgIpc) is 3.50. The van der Waals surface area contributed by atoms with Crippen LogP contribution in [0.1, 0.15) is 32.8 Å². The number of nitrogens with zero attached hydrogens (tertiary/aromatic N) is 1. The highest BCUT2D eigenvalue weighted by Gasteiger charge is 2.44. The van der Waals surface area contributed by atoms with E-state index in [0.29, 0.717) is 11.3 Å². The second kappa shape index (κ2) is 16.5. The molecule has 0 radical (unpaired) electrons. The van der Waals surface area contributed by atoms with E-state index in [-0.39, 0.29) is 19.4 Å². The van der Waals surface area contributed by atoms with Crippen LogP contribution in [0.2, 0.25) is 0 Å². The second-order valence-corrected chi connectivity index (χ2v) is 15.8. The number of rotatable bonds is 14. The van der Waals surface area contributed by atoms with Crippen molar-refractivity contribution in [1.82, 2.24) is 20.9 Å². The van der Waals surface area contributed by atoms with Crippen LogP contribution in [0.25, 0.3) is 10.8 Å². The Labute approximate surface area is 292 Å². The molecule has 3 aromatic carbocycles. The van der Waals surface area contributed by atoms with Gasteiger partial charge in [-0.05, 0) is 44.2 Å². The molecule has 0 bridgehead atoms. The van der Waals surface area contributed by atoms with E-state index in [1.807, 2.05) is 51.1 Å². The molecule has 0 aromatic heterocycles. The second-order valence-electron chi connectivity index (χ2n) is 13.6. The quantitative estimate of drug-likeness (QED) is 0.192. The molecule has 270 valence electrons. The molecule has 14 heteroatoms. The minimum atomic E-state index is -3.81.